The number of anilines is 1. The van der Waals surface area contributed by atoms with E-state index in [1.165, 1.54) is 16.7 Å². The Morgan fingerprint density at radius 3 is 2.30 bits per heavy atom. The summed E-state index contributed by atoms with van der Waals surface area (Å²) in [6, 6.07) is 10.7. The van der Waals surface area contributed by atoms with Crippen LogP contribution in [-0.2, 0) is 0 Å². The average molecular weight is 327 g/mol. The molecule has 2 N–H and O–H groups in total. The lowest BCUT2D eigenvalue weighted by atomic mass is 9.92. The zero-order chi connectivity index (χ0) is 17.0. The van der Waals surface area contributed by atoms with E-state index in [2.05, 4.69) is 61.5 Å². The summed E-state index contributed by atoms with van der Waals surface area (Å²) in [6.07, 6.45) is 1.83. The summed E-state index contributed by atoms with van der Waals surface area (Å²) in [5.41, 5.74) is 4.97. The van der Waals surface area contributed by atoms with Crippen LogP contribution in [0.2, 0.25) is 0 Å². The highest BCUT2D eigenvalue weighted by Crippen LogP contribution is 2.25. The van der Waals surface area contributed by atoms with Gasteiger partial charge in [0.05, 0.1) is 6.04 Å². The van der Waals surface area contributed by atoms with Crippen molar-refractivity contribution in [2.75, 3.05) is 5.32 Å². The van der Waals surface area contributed by atoms with Gasteiger partial charge >= 0.3 is 0 Å². The van der Waals surface area contributed by atoms with Gasteiger partial charge in [-0.05, 0) is 61.7 Å². The molecule has 3 nitrogen and oxygen atoms in total. The number of nitrogens with one attached hydrogen (secondary N) is 2. The summed E-state index contributed by atoms with van der Waals surface area (Å²) in [6.45, 7) is 10.7. The second-order valence-corrected chi connectivity index (χ2v) is 6.81. The number of hydrogen-bond acceptors (Lipinski definition) is 2. The van der Waals surface area contributed by atoms with Crippen molar-refractivity contribution in [1.82, 2.24) is 10.3 Å². The molecule has 0 saturated heterocycles. The summed E-state index contributed by atoms with van der Waals surface area (Å²) >= 11 is 5.47. The van der Waals surface area contributed by atoms with E-state index in [1.807, 2.05) is 25.3 Å². The summed E-state index contributed by atoms with van der Waals surface area (Å²) in [4.78, 5) is 4.33. The maximum absolute atomic E-state index is 5.47. The first-order valence-corrected chi connectivity index (χ1v) is 8.35. The molecule has 0 aliphatic rings. The molecule has 122 valence electrons. The van der Waals surface area contributed by atoms with Crippen molar-refractivity contribution >= 4 is 23.1 Å². The van der Waals surface area contributed by atoms with Gasteiger partial charge in [0.25, 0.3) is 0 Å². The SMILES string of the molecule is Cc1ccc(NC(=S)N[C@@H](c2ccc(C)cc2C)C(C)C)nc1. The van der Waals surface area contributed by atoms with E-state index in [1.54, 1.807) is 0 Å². The average Bonchev–Trinajstić information content (AvgIpc) is 2.48. The van der Waals surface area contributed by atoms with Crippen LogP contribution >= 0.6 is 12.2 Å². The van der Waals surface area contributed by atoms with Gasteiger partial charge in [0.1, 0.15) is 5.82 Å². The second kappa shape index (κ2) is 7.55. The van der Waals surface area contributed by atoms with Gasteiger partial charge in [-0.15, -0.1) is 0 Å². The van der Waals surface area contributed by atoms with Crippen LogP contribution in [0.4, 0.5) is 5.82 Å². The number of thiocarbonyl (C=S) groups is 1. The Morgan fingerprint density at radius 1 is 1.04 bits per heavy atom. The number of aromatic nitrogens is 1. The van der Waals surface area contributed by atoms with Crippen LogP contribution in [0.1, 0.15) is 42.1 Å². The van der Waals surface area contributed by atoms with Crippen LogP contribution in [0.3, 0.4) is 0 Å². The number of benzene rings is 1. The fourth-order valence-corrected chi connectivity index (χ4v) is 2.85. The van der Waals surface area contributed by atoms with Crippen molar-refractivity contribution in [3.63, 3.8) is 0 Å². The predicted octanol–water partition coefficient (Wildman–Crippen LogP) is 4.69. The van der Waals surface area contributed by atoms with Crippen LogP contribution in [0.25, 0.3) is 0 Å². The van der Waals surface area contributed by atoms with Gasteiger partial charge in [0.15, 0.2) is 5.11 Å². The first kappa shape index (κ1) is 17.4. The molecule has 4 heteroatoms. The highest BCUT2D eigenvalue weighted by atomic mass is 32.1. The lowest BCUT2D eigenvalue weighted by Crippen LogP contribution is -2.35. The molecule has 1 atom stereocenters. The van der Waals surface area contributed by atoms with Crippen molar-refractivity contribution in [2.24, 2.45) is 5.92 Å². The summed E-state index contributed by atoms with van der Waals surface area (Å²) in [5, 5.41) is 7.20. The van der Waals surface area contributed by atoms with Crippen molar-refractivity contribution in [2.45, 2.75) is 40.7 Å². The second-order valence-electron chi connectivity index (χ2n) is 6.40. The van der Waals surface area contributed by atoms with Crippen molar-refractivity contribution in [3.8, 4) is 0 Å². The highest BCUT2D eigenvalue weighted by Gasteiger charge is 2.18. The van der Waals surface area contributed by atoms with Crippen LogP contribution in [0.5, 0.6) is 0 Å². The van der Waals surface area contributed by atoms with Gasteiger partial charge in [0.2, 0.25) is 0 Å². The van der Waals surface area contributed by atoms with E-state index in [4.69, 9.17) is 12.2 Å². The first-order chi connectivity index (χ1) is 10.9. The van der Waals surface area contributed by atoms with Gasteiger partial charge in [-0.25, -0.2) is 4.98 Å². The third-order valence-electron chi connectivity index (χ3n) is 3.87. The van der Waals surface area contributed by atoms with Gasteiger partial charge < -0.3 is 10.6 Å². The number of hydrogen-bond donors (Lipinski definition) is 2. The van der Waals surface area contributed by atoms with Crippen molar-refractivity contribution in [1.29, 1.82) is 0 Å². The quantitative estimate of drug-likeness (QED) is 0.799. The lowest BCUT2D eigenvalue weighted by molar-refractivity contribution is 0.471. The fourth-order valence-electron chi connectivity index (χ4n) is 2.61. The molecule has 0 saturated carbocycles. The molecule has 0 unspecified atom stereocenters. The number of nitrogens with zero attached hydrogens (tertiary/aromatic N) is 1. The van der Waals surface area contributed by atoms with Crippen LogP contribution in [0.15, 0.2) is 36.5 Å². The molecule has 1 heterocycles. The zero-order valence-corrected chi connectivity index (χ0v) is 15.3. The topological polar surface area (TPSA) is 37.0 Å². The molecule has 0 aliphatic carbocycles. The molecule has 0 fully saturated rings. The first-order valence-electron chi connectivity index (χ1n) is 7.94. The Labute approximate surface area is 144 Å². The Hall–Kier alpha value is -1.94. The number of pyridine rings is 1. The lowest BCUT2D eigenvalue weighted by Gasteiger charge is -2.26. The largest absolute Gasteiger partial charge is 0.355 e. The van der Waals surface area contributed by atoms with Gasteiger partial charge in [-0.2, -0.15) is 0 Å². The standard InChI is InChI=1S/C19H25N3S/c1-12(2)18(16-8-6-13(3)10-15(16)5)22-19(23)21-17-9-7-14(4)11-20-17/h6-12,18H,1-5H3,(H2,20,21,22,23)/t18-/m1/s1. The Morgan fingerprint density at radius 2 is 1.74 bits per heavy atom. The van der Waals surface area contributed by atoms with E-state index < -0.39 is 0 Å². The third kappa shape index (κ3) is 4.76. The molecule has 1 aromatic heterocycles. The molecular weight excluding hydrogens is 302 g/mol. The molecule has 2 rings (SSSR count). The molecule has 23 heavy (non-hydrogen) atoms. The zero-order valence-electron chi connectivity index (χ0n) is 14.5. The van der Waals surface area contributed by atoms with E-state index >= 15 is 0 Å². The summed E-state index contributed by atoms with van der Waals surface area (Å²) in [5.74, 6) is 1.18. The van der Waals surface area contributed by atoms with Crippen molar-refractivity contribution < 1.29 is 0 Å². The van der Waals surface area contributed by atoms with Gasteiger partial charge in [-0.1, -0.05) is 43.7 Å². The fraction of sp³-hybridized carbons (Fsp3) is 0.368. The van der Waals surface area contributed by atoms with E-state index in [0.717, 1.165) is 11.4 Å². The Balaban J connectivity index is 2.12. The van der Waals surface area contributed by atoms with Crippen LogP contribution in [0, 0.1) is 26.7 Å². The minimum Gasteiger partial charge on any atom is -0.355 e. The van der Waals surface area contributed by atoms with Crippen LogP contribution < -0.4 is 10.6 Å². The van der Waals surface area contributed by atoms with Crippen molar-refractivity contribution in [3.05, 3.63) is 58.8 Å². The van der Waals surface area contributed by atoms with E-state index in [-0.39, 0.29) is 6.04 Å². The minimum absolute atomic E-state index is 0.168. The maximum Gasteiger partial charge on any atom is 0.172 e. The van der Waals surface area contributed by atoms with E-state index in [0.29, 0.717) is 11.0 Å². The van der Waals surface area contributed by atoms with Gasteiger partial charge in [0, 0.05) is 6.20 Å². The summed E-state index contributed by atoms with van der Waals surface area (Å²) in [7, 11) is 0. The normalized spacial score (nSPS) is 12.1. The monoisotopic (exact) mass is 327 g/mol. The molecule has 2 aromatic rings. The minimum atomic E-state index is 0.168. The summed E-state index contributed by atoms with van der Waals surface area (Å²) < 4.78 is 0. The highest BCUT2D eigenvalue weighted by molar-refractivity contribution is 7.80. The number of rotatable bonds is 4. The molecule has 0 amide bonds. The Kier molecular flexibility index (Phi) is 5.72. The molecule has 0 aliphatic heterocycles. The third-order valence-corrected chi connectivity index (χ3v) is 4.09. The predicted molar refractivity (Wildman–Crippen MR) is 102 cm³/mol. The van der Waals surface area contributed by atoms with E-state index in [9.17, 15) is 0 Å². The Bertz CT molecular complexity index is 678. The molecule has 0 bridgehead atoms. The molecule has 0 spiro atoms. The smallest absolute Gasteiger partial charge is 0.172 e. The molecular formula is C19H25N3S. The molecule has 0 radical (unpaired) electrons. The van der Waals surface area contributed by atoms with Gasteiger partial charge in [-0.3, -0.25) is 0 Å². The maximum atomic E-state index is 5.47. The van der Waals surface area contributed by atoms with Crippen LogP contribution in [-0.4, -0.2) is 10.1 Å². The number of aryl methyl sites for hydroxylation is 3. The molecule has 1 aromatic carbocycles.